The minimum atomic E-state index is 0.981. The van der Waals surface area contributed by atoms with Crippen molar-refractivity contribution in [1.29, 1.82) is 0 Å². The minimum absolute atomic E-state index is 0.981. The van der Waals surface area contributed by atoms with Gasteiger partial charge in [-0.05, 0) is 31.4 Å². The van der Waals surface area contributed by atoms with Crippen LogP contribution in [0.15, 0.2) is 0 Å². The van der Waals surface area contributed by atoms with Gasteiger partial charge in [0.05, 0.1) is 5.00 Å². The molecule has 0 radical (unpaired) electrons. The van der Waals surface area contributed by atoms with Crippen molar-refractivity contribution in [2.45, 2.75) is 27.2 Å². The molecule has 0 atom stereocenters. The molecule has 0 amide bonds. The van der Waals surface area contributed by atoms with Gasteiger partial charge in [-0.1, -0.05) is 6.92 Å². The highest BCUT2D eigenvalue weighted by Gasteiger charge is 2.05. The maximum absolute atomic E-state index is 5.74. The first-order valence-corrected chi connectivity index (χ1v) is 4.32. The lowest BCUT2D eigenvalue weighted by Gasteiger charge is -1.91. The highest BCUT2D eigenvalue weighted by molar-refractivity contribution is 7.16. The van der Waals surface area contributed by atoms with E-state index < -0.39 is 0 Å². The van der Waals surface area contributed by atoms with Crippen LogP contribution in [-0.4, -0.2) is 0 Å². The molecule has 10 heavy (non-hydrogen) atoms. The smallest absolute Gasteiger partial charge is 0.0891 e. The zero-order chi connectivity index (χ0) is 7.72. The first-order valence-electron chi connectivity index (χ1n) is 3.51. The predicted octanol–water partition coefficient (Wildman–Crippen LogP) is 2.51. The van der Waals surface area contributed by atoms with Crippen molar-refractivity contribution in [3.05, 3.63) is 16.0 Å². The monoisotopic (exact) mass is 155 g/mol. The van der Waals surface area contributed by atoms with Gasteiger partial charge in [0.2, 0.25) is 0 Å². The summed E-state index contributed by atoms with van der Waals surface area (Å²) in [5, 5.41) is 0.981. The molecule has 1 heterocycles. The maximum Gasteiger partial charge on any atom is 0.0891 e. The number of aryl methyl sites for hydroxylation is 1. The number of anilines is 1. The van der Waals surface area contributed by atoms with Gasteiger partial charge in [0, 0.05) is 4.88 Å². The van der Waals surface area contributed by atoms with Crippen LogP contribution < -0.4 is 5.73 Å². The fourth-order valence-corrected chi connectivity index (χ4v) is 2.04. The van der Waals surface area contributed by atoms with Gasteiger partial charge in [-0.15, -0.1) is 11.3 Å². The molecular formula is C8H13NS. The molecule has 0 saturated heterocycles. The molecule has 0 fully saturated rings. The van der Waals surface area contributed by atoms with Gasteiger partial charge in [0.1, 0.15) is 0 Å². The molecule has 0 aliphatic rings. The molecule has 0 aliphatic heterocycles. The second-order valence-corrected chi connectivity index (χ2v) is 3.63. The van der Waals surface area contributed by atoms with E-state index in [4.69, 9.17) is 5.73 Å². The van der Waals surface area contributed by atoms with E-state index in [1.807, 2.05) is 0 Å². The molecule has 0 bridgehead atoms. The zero-order valence-electron chi connectivity index (χ0n) is 6.69. The highest BCUT2D eigenvalue weighted by atomic mass is 32.1. The van der Waals surface area contributed by atoms with Gasteiger partial charge in [0.25, 0.3) is 0 Å². The van der Waals surface area contributed by atoms with Crippen LogP contribution in [0.3, 0.4) is 0 Å². The molecule has 0 spiro atoms. The van der Waals surface area contributed by atoms with Crippen LogP contribution in [0.2, 0.25) is 0 Å². The summed E-state index contributed by atoms with van der Waals surface area (Å²) in [5.41, 5.74) is 8.38. The molecule has 2 heteroatoms. The summed E-state index contributed by atoms with van der Waals surface area (Å²) < 4.78 is 0. The number of rotatable bonds is 1. The summed E-state index contributed by atoms with van der Waals surface area (Å²) in [6, 6.07) is 0. The Morgan fingerprint density at radius 3 is 2.10 bits per heavy atom. The Kier molecular flexibility index (Phi) is 2.00. The molecular weight excluding hydrogens is 142 g/mol. The van der Waals surface area contributed by atoms with E-state index in [9.17, 15) is 0 Å². The lowest BCUT2D eigenvalue weighted by Crippen LogP contribution is -1.82. The molecule has 2 N–H and O–H groups in total. The van der Waals surface area contributed by atoms with Crippen molar-refractivity contribution in [2.75, 3.05) is 5.73 Å². The molecule has 0 aromatic carbocycles. The Morgan fingerprint density at radius 1 is 1.30 bits per heavy atom. The number of thiophene rings is 1. The normalized spacial score (nSPS) is 10.3. The Hall–Kier alpha value is -0.500. The van der Waals surface area contributed by atoms with Crippen LogP contribution in [0.1, 0.15) is 22.9 Å². The molecule has 1 aromatic heterocycles. The van der Waals surface area contributed by atoms with Crippen molar-refractivity contribution < 1.29 is 0 Å². The van der Waals surface area contributed by atoms with E-state index in [1.165, 1.54) is 16.0 Å². The van der Waals surface area contributed by atoms with E-state index in [0.29, 0.717) is 0 Å². The van der Waals surface area contributed by atoms with Crippen molar-refractivity contribution >= 4 is 16.3 Å². The maximum atomic E-state index is 5.74. The number of nitrogen functional groups attached to an aromatic ring is 1. The molecule has 1 rings (SSSR count). The third-order valence-electron chi connectivity index (χ3n) is 1.90. The summed E-state index contributed by atoms with van der Waals surface area (Å²) in [6.07, 6.45) is 1.11. The number of hydrogen-bond acceptors (Lipinski definition) is 2. The topological polar surface area (TPSA) is 26.0 Å². The second-order valence-electron chi connectivity index (χ2n) is 2.49. The van der Waals surface area contributed by atoms with Crippen LogP contribution in [0, 0.1) is 13.8 Å². The Labute approximate surface area is 65.9 Å². The lowest BCUT2D eigenvalue weighted by molar-refractivity contribution is 1.15. The Balaban J connectivity index is 3.17. The van der Waals surface area contributed by atoms with E-state index in [2.05, 4.69) is 20.8 Å². The van der Waals surface area contributed by atoms with Gasteiger partial charge >= 0.3 is 0 Å². The van der Waals surface area contributed by atoms with Gasteiger partial charge in [-0.25, -0.2) is 0 Å². The fourth-order valence-electron chi connectivity index (χ4n) is 1.02. The van der Waals surface area contributed by atoms with Crippen molar-refractivity contribution in [3.8, 4) is 0 Å². The third kappa shape index (κ3) is 1.03. The van der Waals surface area contributed by atoms with Crippen LogP contribution in [0.5, 0.6) is 0 Å². The van der Waals surface area contributed by atoms with E-state index in [0.717, 1.165) is 11.4 Å². The molecule has 1 nitrogen and oxygen atoms in total. The molecule has 56 valence electrons. The summed E-state index contributed by atoms with van der Waals surface area (Å²) in [4.78, 5) is 1.43. The van der Waals surface area contributed by atoms with E-state index >= 15 is 0 Å². The average Bonchev–Trinajstić information content (AvgIpc) is 2.17. The second kappa shape index (κ2) is 2.62. The lowest BCUT2D eigenvalue weighted by atomic mass is 10.1. The van der Waals surface area contributed by atoms with Gasteiger partial charge in [0.15, 0.2) is 0 Å². The molecule has 1 aromatic rings. The third-order valence-corrected chi connectivity index (χ3v) is 3.27. The number of hydrogen-bond donors (Lipinski definition) is 1. The summed E-state index contributed by atoms with van der Waals surface area (Å²) >= 11 is 1.72. The molecule has 0 aliphatic carbocycles. The Bertz CT molecular complexity index is 238. The van der Waals surface area contributed by atoms with Crippen LogP contribution in [0.25, 0.3) is 0 Å². The van der Waals surface area contributed by atoms with Crippen LogP contribution in [-0.2, 0) is 6.42 Å². The van der Waals surface area contributed by atoms with Crippen molar-refractivity contribution in [3.63, 3.8) is 0 Å². The summed E-state index contributed by atoms with van der Waals surface area (Å²) in [6.45, 7) is 6.39. The van der Waals surface area contributed by atoms with Crippen molar-refractivity contribution in [2.24, 2.45) is 0 Å². The average molecular weight is 155 g/mol. The molecule has 0 saturated carbocycles. The van der Waals surface area contributed by atoms with Gasteiger partial charge in [-0.2, -0.15) is 0 Å². The first kappa shape index (κ1) is 7.61. The minimum Gasteiger partial charge on any atom is -0.390 e. The largest absolute Gasteiger partial charge is 0.390 e. The number of nitrogens with two attached hydrogens (primary N) is 1. The fraction of sp³-hybridized carbons (Fsp3) is 0.500. The van der Waals surface area contributed by atoms with Gasteiger partial charge < -0.3 is 5.73 Å². The van der Waals surface area contributed by atoms with Gasteiger partial charge in [-0.3, -0.25) is 0 Å². The Morgan fingerprint density at radius 2 is 1.90 bits per heavy atom. The predicted molar refractivity (Wildman–Crippen MR) is 47.6 cm³/mol. The quantitative estimate of drug-likeness (QED) is 0.662. The summed E-state index contributed by atoms with van der Waals surface area (Å²) in [7, 11) is 0. The van der Waals surface area contributed by atoms with Crippen LogP contribution >= 0.6 is 11.3 Å². The molecule has 0 unspecified atom stereocenters. The standard InChI is InChI=1S/C8H13NS/c1-4-7-5(2)6(3)8(9)10-7/h4,9H2,1-3H3. The SMILES string of the molecule is CCc1sc(N)c(C)c1C. The van der Waals surface area contributed by atoms with Crippen molar-refractivity contribution in [1.82, 2.24) is 0 Å². The van der Waals surface area contributed by atoms with E-state index in [-0.39, 0.29) is 0 Å². The van der Waals surface area contributed by atoms with Crippen LogP contribution in [0.4, 0.5) is 5.00 Å². The zero-order valence-corrected chi connectivity index (χ0v) is 7.51. The highest BCUT2D eigenvalue weighted by Crippen LogP contribution is 2.29. The first-order chi connectivity index (χ1) is 4.66. The van der Waals surface area contributed by atoms with E-state index in [1.54, 1.807) is 11.3 Å². The summed E-state index contributed by atoms with van der Waals surface area (Å²) in [5.74, 6) is 0.